The van der Waals surface area contributed by atoms with Gasteiger partial charge in [-0.15, -0.1) is 0 Å². The minimum absolute atomic E-state index is 0.113. The number of methoxy groups -OCH3 is 1. The summed E-state index contributed by atoms with van der Waals surface area (Å²) < 4.78 is 99.4. The second kappa shape index (κ2) is 9.81. The Hall–Kier alpha value is -3.57. The number of hydrogen-bond donors (Lipinski definition) is 2. The van der Waals surface area contributed by atoms with Gasteiger partial charge in [0.15, 0.2) is 0 Å². The van der Waals surface area contributed by atoms with Gasteiger partial charge in [0.2, 0.25) is 5.91 Å². The van der Waals surface area contributed by atoms with E-state index in [1.807, 2.05) is 0 Å². The second-order valence-corrected chi connectivity index (χ2v) is 10.5. The summed E-state index contributed by atoms with van der Waals surface area (Å²) in [6.45, 7) is 0. The number of carbonyl (C=O) groups is 2. The molecule has 2 fully saturated rings. The number of alkyl halides is 6. The fraction of sp³-hybridized carbons (Fsp3) is 0.429. The molecular formula is C28H25F7N2O3. The maximum Gasteiger partial charge on any atom is 0.419 e. The van der Waals surface area contributed by atoms with Crippen LogP contribution < -0.4 is 15.8 Å². The number of nitrogens with two attached hydrogens (primary N) is 1. The van der Waals surface area contributed by atoms with E-state index in [0.29, 0.717) is 37.8 Å². The van der Waals surface area contributed by atoms with Crippen LogP contribution in [0.4, 0.5) is 36.4 Å². The van der Waals surface area contributed by atoms with E-state index in [9.17, 15) is 40.3 Å². The first-order chi connectivity index (χ1) is 18.7. The lowest BCUT2D eigenvalue weighted by atomic mass is 9.70. The van der Waals surface area contributed by atoms with Crippen molar-refractivity contribution in [2.24, 2.45) is 29.4 Å². The topological polar surface area (TPSA) is 81.4 Å². The van der Waals surface area contributed by atoms with E-state index in [0.717, 1.165) is 17.2 Å². The molecule has 5 nitrogen and oxygen atoms in total. The predicted octanol–water partition coefficient (Wildman–Crippen LogP) is 6.38. The van der Waals surface area contributed by atoms with Crippen LogP contribution >= 0.6 is 0 Å². The Morgan fingerprint density at radius 1 is 1.00 bits per heavy atom. The standard InChI is InChI=1S/C28H25F7N2O3/c1-40-22-10-17-12(8-18(22)25(36)38)2-4-14(17)23-15-5-6-16(19(15)11-27(30,31)32)24(23)26(39)37-13-3-7-21(29)20(9-13)28(33,34)35/h3,7-11,14-16,23-24H,2,4-6H2,1H3,(H2,36,38)(H,37,39)/b19-11-/t14?,15-,16-,23-,24+/m0/s1. The molecule has 2 aromatic carbocycles. The average Bonchev–Trinajstić information content (AvgIpc) is 3.53. The molecule has 2 bridgehead atoms. The number of ether oxygens (including phenoxy) is 1. The third-order valence-corrected chi connectivity index (χ3v) is 8.45. The third-order valence-electron chi connectivity index (χ3n) is 8.45. The summed E-state index contributed by atoms with van der Waals surface area (Å²) in [6, 6.07) is 5.28. The van der Waals surface area contributed by atoms with Crippen molar-refractivity contribution in [3.05, 3.63) is 70.1 Å². The number of amides is 2. The number of primary amides is 1. The van der Waals surface area contributed by atoms with Crippen molar-refractivity contribution in [2.45, 2.75) is 44.0 Å². The molecule has 3 N–H and O–H groups in total. The van der Waals surface area contributed by atoms with Gasteiger partial charge in [-0.05, 0) is 90.8 Å². The number of anilines is 1. The Labute approximate surface area is 224 Å². The van der Waals surface area contributed by atoms with Gasteiger partial charge in [0, 0.05) is 17.7 Å². The number of rotatable bonds is 5. The number of aryl methyl sites for hydroxylation is 1. The zero-order chi connectivity index (χ0) is 29.1. The van der Waals surface area contributed by atoms with Gasteiger partial charge in [0.25, 0.3) is 5.91 Å². The van der Waals surface area contributed by atoms with Crippen LogP contribution in [-0.2, 0) is 17.4 Å². The minimum atomic E-state index is -5.00. The van der Waals surface area contributed by atoms with E-state index in [-0.39, 0.29) is 34.6 Å². The first kappa shape index (κ1) is 28.0. The van der Waals surface area contributed by atoms with E-state index < -0.39 is 59.2 Å². The number of benzene rings is 2. The zero-order valence-electron chi connectivity index (χ0n) is 21.1. The molecule has 0 radical (unpaired) electrons. The summed E-state index contributed by atoms with van der Waals surface area (Å²) in [5.41, 5.74) is 5.40. The molecular weight excluding hydrogens is 545 g/mol. The summed E-state index contributed by atoms with van der Waals surface area (Å²) in [4.78, 5) is 25.5. The van der Waals surface area contributed by atoms with Crippen LogP contribution in [0.2, 0.25) is 0 Å². The molecule has 2 saturated carbocycles. The fourth-order valence-corrected chi connectivity index (χ4v) is 7.05. The first-order valence-corrected chi connectivity index (χ1v) is 12.7. The van der Waals surface area contributed by atoms with Crippen molar-refractivity contribution < 1.29 is 45.1 Å². The van der Waals surface area contributed by atoms with Gasteiger partial charge < -0.3 is 15.8 Å². The molecule has 5 rings (SSSR count). The third kappa shape index (κ3) is 4.92. The zero-order valence-corrected chi connectivity index (χ0v) is 21.1. The Morgan fingerprint density at radius 2 is 1.70 bits per heavy atom. The Bertz CT molecular complexity index is 1400. The van der Waals surface area contributed by atoms with Crippen molar-refractivity contribution in [1.82, 2.24) is 0 Å². The monoisotopic (exact) mass is 570 g/mol. The van der Waals surface area contributed by atoms with Crippen LogP contribution in [0, 0.1) is 29.5 Å². The van der Waals surface area contributed by atoms with Crippen molar-refractivity contribution in [1.29, 1.82) is 0 Å². The second-order valence-electron chi connectivity index (χ2n) is 10.5. The van der Waals surface area contributed by atoms with E-state index in [2.05, 4.69) is 5.32 Å². The lowest BCUT2D eigenvalue weighted by Crippen LogP contribution is -2.36. The van der Waals surface area contributed by atoms with Gasteiger partial charge >= 0.3 is 12.4 Å². The van der Waals surface area contributed by atoms with Crippen LogP contribution in [0.5, 0.6) is 5.75 Å². The Kier molecular flexibility index (Phi) is 6.86. The van der Waals surface area contributed by atoms with Gasteiger partial charge in [0.1, 0.15) is 11.6 Å². The van der Waals surface area contributed by atoms with Gasteiger partial charge in [0.05, 0.1) is 18.2 Å². The fourth-order valence-electron chi connectivity index (χ4n) is 7.05. The number of nitrogens with one attached hydrogen (secondary N) is 1. The number of hydrogen-bond acceptors (Lipinski definition) is 3. The molecule has 0 aromatic heterocycles. The molecule has 0 heterocycles. The van der Waals surface area contributed by atoms with Crippen molar-refractivity contribution >= 4 is 17.5 Å². The molecule has 5 atom stereocenters. The van der Waals surface area contributed by atoms with Crippen LogP contribution in [0.3, 0.4) is 0 Å². The van der Waals surface area contributed by atoms with E-state index >= 15 is 0 Å². The van der Waals surface area contributed by atoms with Gasteiger partial charge in [-0.25, -0.2) is 4.39 Å². The SMILES string of the molecule is COc1cc2c(cc1C(N)=O)CCC2[C@@H]1[C@H](C(=O)Nc2ccc(F)c(C(F)(F)F)c2)[C@H]2CC[C@H]1/C2=C/C(F)(F)F. The maximum atomic E-state index is 13.8. The first-order valence-electron chi connectivity index (χ1n) is 12.7. The largest absolute Gasteiger partial charge is 0.496 e. The Morgan fingerprint density at radius 3 is 2.33 bits per heavy atom. The number of fused-ring (bicyclic) bond motifs is 3. The quantitative estimate of drug-likeness (QED) is 0.323. The van der Waals surface area contributed by atoms with E-state index in [1.54, 1.807) is 12.1 Å². The highest BCUT2D eigenvalue weighted by Gasteiger charge is 2.58. The highest BCUT2D eigenvalue weighted by molar-refractivity contribution is 5.96. The van der Waals surface area contributed by atoms with E-state index in [1.165, 1.54) is 7.11 Å². The molecule has 12 heteroatoms. The number of carbonyl (C=O) groups excluding carboxylic acids is 2. The Balaban J connectivity index is 1.55. The van der Waals surface area contributed by atoms with Gasteiger partial charge in [-0.1, -0.05) is 5.57 Å². The molecule has 2 amide bonds. The van der Waals surface area contributed by atoms with Crippen molar-refractivity contribution in [3.63, 3.8) is 0 Å². The van der Waals surface area contributed by atoms with Gasteiger partial charge in [-0.3, -0.25) is 9.59 Å². The van der Waals surface area contributed by atoms with Crippen molar-refractivity contribution in [3.8, 4) is 5.75 Å². The molecule has 214 valence electrons. The molecule has 0 spiro atoms. The molecule has 3 aliphatic rings. The highest BCUT2D eigenvalue weighted by atomic mass is 19.4. The van der Waals surface area contributed by atoms with Gasteiger partial charge in [-0.2, -0.15) is 26.3 Å². The smallest absolute Gasteiger partial charge is 0.419 e. The molecule has 0 saturated heterocycles. The van der Waals surface area contributed by atoms with Crippen LogP contribution in [0.15, 0.2) is 42.0 Å². The number of allylic oxidation sites excluding steroid dienone is 2. The maximum absolute atomic E-state index is 13.8. The molecule has 40 heavy (non-hydrogen) atoms. The minimum Gasteiger partial charge on any atom is -0.496 e. The van der Waals surface area contributed by atoms with E-state index in [4.69, 9.17) is 10.5 Å². The summed E-state index contributed by atoms with van der Waals surface area (Å²) in [7, 11) is 1.36. The van der Waals surface area contributed by atoms with Crippen LogP contribution in [0.1, 0.15) is 52.2 Å². The average molecular weight is 571 g/mol. The summed E-state index contributed by atoms with van der Waals surface area (Å²) >= 11 is 0. The lowest BCUT2D eigenvalue weighted by molar-refractivity contribution is -0.140. The van der Waals surface area contributed by atoms with Crippen LogP contribution in [-0.4, -0.2) is 25.1 Å². The van der Waals surface area contributed by atoms with Crippen molar-refractivity contribution in [2.75, 3.05) is 12.4 Å². The molecule has 1 unspecified atom stereocenters. The summed E-state index contributed by atoms with van der Waals surface area (Å²) in [5, 5.41) is 2.42. The highest BCUT2D eigenvalue weighted by Crippen LogP contribution is 2.62. The summed E-state index contributed by atoms with van der Waals surface area (Å²) in [6.07, 6.45) is -7.62. The molecule has 3 aliphatic carbocycles. The molecule has 2 aromatic rings. The lowest BCUT2D eigenvalue weighted by Gasteiger charge is -2.34. The number of halogens is 7. The summed E-state index contributed by atoms with van der Waals surface area (Å²) in [5.74, 6) is -5.97. The predicted molar refractivity (Wildman–Crippen MR) is 130 cm³/mol. The normalized spacial score (nSPS) is 26.7. The van der Waals surface area contributed by atoms with Crippen LogP contribution in [0.25, 0.3) is 0 Å². The molecule has 0 aliphatic heterocycles.